The number of rotatable bonds is 4. The van der Waals surface area contributed by atoms with Gasteiger partial charge in [0.15, 0.2) is 0 Å². The normalized spacial score (nSPS) is 13.1. The molecule has 0 atom stereocenters. The molecule has 0 saturated carbocycles. The fourth-order valence-electron chi connectivity index (χ4n) is 3.88. The maximum atomic E-state index is 14.4. The van der Waals surface area contributed by atoms with Crippen LogP contribution in [0.2, 0.25) is 0 Å². The lowest BCUT2D eigenvalue weighted by Gasteiger charge is -2.13. The van der Waals surface area contributed by atoms with Gasteiger partial charge in [-0.15, -0.1) is 0 Å². The summed E-state index contributed by atoms with van der Waals surface area (Å²) in [5.41, 5.74) is 3.74. The van der Waals surface area contributed by atoms with Crippen LogP contribution in [0, 0.1) is 12.7 Å². The molecule has 4 aromatic rings. The highest BCUT2D eigenvalue weighted by Crippen LogP contribution is 2.33. The Morgan fingerprint density at radius 3 is 2.58 bits per heavy atom. The van der Waals surface area contributed by atoms with E-state index in [1.807, 2.05) is 24.3 Å². The Bertz CT molecular complexity index is 1410. The Balaban J connectivity index is 1.61. The number of benzene rings is 3. The monoisotopic (exact) mass is 432 g/mol. The maximum absolute atomic E-state index is 14.4. The molecule has 0 unspecified atom stereocenters. The molecule has 0 amide bonds. The van der Waals surface area contributed by atoms with Crippen LogP contribution in [0.15, 0.2) is 83.9 Å². The minimum Gasteiger partial charge on any atom is -0.493 e. The van der Waals surface area contributed by atoms with Crippen molar-refractivity contribution in [2.24, 2.45) is 0 Å². The molecule has 2 heterocycles. The number of hydrogen-bond donors (Lipinski definition) is 0. The summed E-state index contributed by atoms with van der Waals surface area (Å²) in [5, 5.41) is 0. The van der Waals surface area contributed by atoms with Crippen LogP contribution in [0.4, 0.5) is 4.39 Å². The topological polar surface area (TPSA) is 48.3 Å². The SMILES string of the molecule is [CH2]c1cc(-c2ccccc2F)n(S(=O)(=O)c2cccc(-c3ccc4c(c3)CCO4)c2)c1. The predicted octanol–water partition coefficient (Wildman–Crippen LogP) is 5.32. The lowest BCUT2D eigenvalue weighted by Crippen LogP contribution is -2.13. The average molecular weight is 432 g/mol. The molecule has 31 heavy (non-hydrogen) atoms. The standard InChI is InChI=1S/C25H19FNO3S/c1-17-13-24(22-7-2-3-8-23(22)26)27(16-17)31(28,29)21-6-4-5-18(15-21)19-9-10-25-20(14-19)11-12-30-25/h2-10,13-16H,1,11-12H2. The first-order valence-electron chi connectivity index (χ1n) is 9.84. The molecule has 0 spiro atoms. The highest BCUT2D eigenvalue weighted by molar-refractivity contribution is 7.90. The van der Waals surface area contributed by atoms with E-state index in [-0.39, 0.29) is 16.2 Å². The zero-order valence-electron chi connectivity index (χ0n) is 16.6. The largest absolute Gasteiger partial charge is 0.493 e. The lowest BCUT2D eigenvalue weighted by atomic mass is 10.0. The minimum atomic E-state index is -3.97. The molecule has 4 nitrogen and oxygen atoms in total. The van der Waals surface area contributed by atoms with E-state index in [0.29, 0.717) is 12.2 Å². The smallest absolute Gasteiger partial charge is 0.268 e. The molecule has 155 valence electrons. The molecular weight excluding hydrogens is 413 g/mol. The van der Waals surface area contributed by atoms with Crippen molar-refractivity contribution in [1.82, 2.24) is 3.97 Å². The summed E-state index contributed by atoms with van der Waals surface area (Å²) in [4.78, 5) is 0.120. The molecule has 0 aliphatic carbocycles. The van der Waals surface area contributed by atoms with Crippen LogP contribution in [0.1, 0.15) is 11.1 Å². The Hall–Kier alpha value is -3.38. The summed E-state index contributed by atoms with van der Waals surface area (Å²) in [7, 11) is -3.97. The Morgan fingerprint density at radius 2 is 1.74 bits per heavy atom. The maximum Gasteiger partial charge on any atom is 0.268 e. The van der Waals surface area contributed by atoms with Gasteiger partial charge >= 0.3 is 0 Å². The molecule has 0 N–H and O–H groups in total. The first-order valence-corrected chi connectivity index (χ1v) is 11.3. The van der Waals surface area contributed by atoms with Crippen LogP contribution in [0.25, 0.3) is 22.4 Å². The Kier molecular flexibility index (Phi) is 4.67. The zero-order valence-corrected chi connectivity index (χ0v) is 17.4. The third kappa shape index (κ3) is 3.43. The van der Waals surface area contributed by atoms with E-state index in [9.17, 15) is 12.8 Å². The fourth-order valence-corrected chi connectivity index (χ4v) is 5.31. The minimum absolute atomic E-state index is 0.120. The van der Waals surface area contributed by atoms with E-state index in [2.05, 4.69) is 6.92 Å². The molecule has 0 saturated heterocycles. The van der Waals surface area contributed by atoms with E-state index < -0.39 is 15.8 Å². The molecule has 1 aliphatic heterocycles. The van der Waals surface area contributed by atoms with Gasteiger partial charge in [-0.3, -0.25) is 0 Å². The number of nitrogens with zero attached hydrogens (tertiary/aromatic N) is 1. The van der Waals surface area contributed by atoms with Gasteiger partial charge in [0.2, 0.25) is 0 Å². The molecule has 3 aromatic carbocycles. The Labute approximate surface area is 180 Å². The van der Waals surface area contributed by atoms with Crippen molar-refractivity contribution >= 4 is 10.0 Å². The van der Waals surface area contributed by atoms with E-state index in [1.54, 1.807) is 42.5 Å². The first kappa shape index (κ1) is 19.6. The third-order valence-corrected chi connectivity index (χ3v) is 7.08. The van der Waals surface area contributed by atoms with E-state index >= 15 is 0 Å². The molecule has 1 aliphatic rings. The van der Waals surface area contributed by atoms with Crippen LogP contribution in [-0.4, -0.2) is 19.0 Å². The number of hydrogen-bond acceptors (Lipinski definition) is 3. The van der Waals surface area contributed by atoms with E-state index in [0.717, 1.165) is 32.8 Å². The van der Waals surface area contributed by atoms with Crippen molar-refractivity contribution in [1.29, 1.82) is 0 Å². The highest BCUT2D eigenvalue weighted by Gasteiger charge is 2.23. The molecular formula is C25H19FNO3S. The quantitative estimate of drug-likeness (QED) is 0.439. The third-order valence-electron chi connectivity index (χ3n) is 5.41. The van der Waals surface area contributed by atoms with Crippen LogP contribution in [0.5, 0.6) is 5.75 Å². The average Bonchev–Trinajstić information content (AvgIpc) is 3.40. The van der Waals surface area contributed by atoms with Crippen molar-refractivity contribution in [2.45, 2.75) is 11.3 Å². The van der Waals surface area contributed by atoms with Crippen molar-refractivity contribution < 1.29 is 17.5 Å². The van der Waals surface area contributed by atoms with Gasteiger partial charge < -0.3 is 4.74 Å². The number of fused-ring (bicyclic) bond motifs is 1. The van der Waals surface area contributed by atoms with Gasteiger partial charge in [0.25, 0.3) is 10.0 Å². The summed E-state index contributed by atoms with van der Waals surface area (Å²) >= 11 is 0. The van der Waals surface area contributed by atoms with Gasteiger partial charge in [-0.1, -0.05) is 30.3 Å². The molecule has 5 rings (SSSR count). The summed E-state index contributed by atoms with van der Waals surface area (Å²) < 4.78 is 48.1. The van der Waals surface area contributed by atoms with Crippen LogP contribution in [0.3, 0.4) is 0 Å². The van der Waals surface area contributed by atoms with Crippen molar-refractivity contribution in [3.8, 4) is 28.1 Å². The fraction of sp³-hybridized carbons (Fsp3) is 0.0800. The number of ether oxygens (including phenoxy) is 1. The molecule has 6 heteroatoms. The van der Waals surface area contributed by atoms with Gasteiger partial charge in [0.05, 0.1) is 17.2 Å². The highest BCUT2D eigenvalue weighted by atomic mass is 32.2. The van der Waals surface area contributed by atoms with Gasteiger partial charge in [-0.25, -0.2) is 16.8 Å². The summed E-state index contributed by atoms with van der Waals surface area (Å²) in [6.45, 7) is 4.50. The van der Waals surface area contributed by atoms with Crippen LogP contribution < -0.4 is 4.74 Å². The number of aromatic nitrogens is 1. The second-order valence-corrected chi connectivity index (χ2v) is 9.28. The van der Waals surface area contributed by atoms with E-state index in [1.165, 1.54) is 12.3 Å². The Morgan fingerprint density at radius 1 is 0.935 bits per heavy atom. The van der Waals surface area contributed by atoms with Crippen molar-refractivity contribution in [3.05, 3.63) is 103 Å². The summed E-state index contributed by atoms with van der Waals surface area (Å²) in [5.74, 6) is 0.378. The second kappa shape index (κ2) is 7.39. The molecule has 1 aromatic heterocycles. The lowest BCUT2D eigenvalue weighted by molar-refractivity contribution is 0.357. The number of halogens is 1. The summed E-state index contributed by atoms with van der Waals surface area (Å²) in [6, 6.07) is 20.3. The van der Waals surface area contributed by atoms with Crippen molar-refractivity contribution in [3.63, 3.8) is 0 Å². The van der Waals surface area contributed by atoms with Crippen molar-refractivity contribution in [2.75, 3.05) is 6.61 Å². The van der Waals surface area contributed by atoms with Crippen LogP contribution >= 0.6 is 0 Å². The summed E-state index contributed by atoms with van der Waals surface area (Å²) in [6.07, 6.45) is 2.25. The second-order valence-electron chi connectivity index (χ2n) is 7.46. The van der Waals surface area contributed by atoms with E-state index in [4.69, 9.17) is 4.74 Å². The zero-order chi connectivity index (χ0) is 21.6. The molecule has 0 bridgehead atoms. The molecule has 1 radical (unpaired) electrons. The van der Waals surface area contributed by atoms with Gasteiger partial charge in [-0.05, 0) is 71.6 Å². The van der Waals surface area contributed by atoms with Gasteiger partial charge in [-0.2, -0.15) is 0 Å². The van der Waals surface area contributed by atoms with Crippen LogP contribution in [-0.2, 0) is 16.4 Å². The molecule has 0 fully saturated rings. The predicted molar refractivity (Wildman–Crippen MR) is 118 cm³/mol. The van der Waals surface area contributed by atoms with Gasteiger partial charge in [0, 0.05) is 18.2 Å². The van der Waals surface area contributed by atoms with Gasteiger partial charge in [0.1, 0.15) is 11.6 Å². The first-order chi connectivity index (χ1) is 14.9.